The van der Waals surface area contributed by atoms with Crippen molar-refractivity contribution in [2.45, 2.75) is 31.5 Å². The highest BCUT2D eigenvalue weighted by molar-refractivity contribution is 7.99. The lowest BCUT2D eigenvalue weighted by Crippen LogP contribution is -2.49. The Morgan fingerprint density at radius 2 is 2.08 bits per heavy atom. The van der Waals surface area contributed by atoms with E-state index in [1.807, 2.05) is 37.6 Å². The van der Waals surface area contributed by atoms with Crippen LogP contribution in [0.5, 0.6) is 0 Å². The number of carbonyl (C=O) groups is 1. The van der Waals surface area contributed by atoms with Crippen molar-refractivity contribution in [1.29, 1.82) is 5.26 Å². The van der Waals surface area contributed by atoms with Crippen LogP contribution in [0.2, 0.25) is 0 Å². The van der Waals surface area contributed by atoms with Crippen molar-refractivity contribution in [3.05, 3.63) is 24.5 Å². The minimum Gasteiger partial charge on any atom is -0.337 e. The number of thioether (sulfide) groups is 1. The van der Waals surface area contributed by atoms with Crippen molar-refractivity contribution in [1.82, 2.24) is 25.1 Å². The normalized spacial score (nSPS) is 13.3. The molecular formula is C16H20N6OS. The fraction of sp³-hybridized carbons (Fsp3) is 0.438. The molecule has 0 aliphatic heterocycles. The number of rotatable bonds is 6. The molecule has 0 aliphatic rings. The molecule has 8 heteroatoms. The Morgan fingerprint density at radius 3 is 2.67 bits per heavy atom. The van der Waals surface area contributed by atoms with Gasteiger partial charge in [0.15, 0.2) is 11.0 Å². The number of pyridine rings is 1. The molecule has 0 saturated heterocycles. The van der Waals surface area contributed by atoms with Crippen LogP contribution in [-0.2, 0) is 11.8 Å². The van der Waals surface area contributed by atoms with Gasteiger partial charge in [-0.1, -0.05) is 25.6 Å². The van der Waals surface area contributed by atoms with Gasteiger partial charge >= 0.3 is 0 Å². The third kappa shape index (κ3) is 3.92. The lowest BCUT2D eigenvalue weighted by atomic mass is 9.90. The summed E-state index contributed by atoms with van der Waals surface area (Å²) in [5.41, 5.74) is 0.0351. The van der Waals surface area contributed by atoms with E-state index in [-0.39, 0.29) is 17.6 Å². The molecule has 24 heavy (non-hydrogen) atoms. The molecule has 0 fully saturated rings. The molecule has 0 unspecified atom stereocenters. The smallest absolute Gasteiger partial charge is 0.231 e. The first-order valence-corrected chi connectivity index (χ1v) is 8.51. The molecule has 2 aromatic rings. The molecule has 2 aromatic heterocycles. The van der Waals surface area contributed by atoms with Gasteiger partial charge in [0.2, 0.25) is 5.91 Å². The van der Waals surface area contributed by atoms with E-state index >= 15 is 0 Å². The number of nitrogens with zero attached hydrogens (tertiary/aromatic N) is 5. The van der Waals surface area contributed by atoms with Crippen LogP contribution in [0.4, 0.5) is 0 Å². The van der Waals surface area contributed by atoms with Crippen LogP contribution >= 0.6 is 11.8 Å². The number of hydrogen-bond donors (Lipinski definition) is 1. The van der Waals surface area contributed by atoms with E-state index in [1.165, 1.54) is 11.8 Å². The van der Waals surface area contributed by atoms with Crippen LogP contribution in [0.15, 0.2) is 29.7 Å². The molecule has 0 spiro atoms. The lowest BCUT2D eigenvalue weighted by Gasteiger charge is -2.27. The van der Waals surface area contributed by atoms with E-state index in [4.69, 9.17) is 0 Å². The average molecular weight is 344 g/mol. The molecule has 0 radical (unpaired) electrons. The first-order chi connectivity index (χ1) is 11.4. The second-order valence-electron chi connectivity index (χ2n) is 5.91. The topological polar surface area (TPSA) is 96.5 Å². The second kappa shape index (κ2) is 7.45. The predicted octanol–water partition coefficient (Wildman–Crippen LogP) is 2.02. The molecular weight excluding hydrogens is 324 g/mol. The minimum atomic E-state index is -0.875. The Balaban J connectivity index is 2.02. The summed E-state index contributed by atoms with van der Waals surface area (Å²) in [6.07, 6.45) is 3.39. The SMILES string of the molecule is CC(C)[C@@](C)(C#N)NC(=O)CSc1nnc(-c2ccncc2)n1C. The van der Waals surface area contributed by atoms with Gasteiger partial charge in [-0.2, -0.15) is 5.26 Å². The molecule has 2 heterocycles. The highest BCUT2D eigenvalue weighted by atomic mass is 32.2. The molecule has 0 aliphatic carbocycles. The fourth-order valence-electron chi connectivity index (χ4n) is 1.95. The third-order valence-electron chi connectivity index (χ3n) is 3.89. The standard InChI is InChI=1S/C16H20N6OS/c1-11(2)16(3,10-17)19-13(23)9-24-15-21-20-14(22(15)4)12-5-7-18-8-6-12/h5-8,11H,9H2,1-4H3,(H,19,23)/t16-/m1/s1. The van der Waals surface area contributed by atoms with E-state index in [2.05, 4.69) is 26.6 Å². The molecule has 2 rings (SSSR count). The summed E-state index contributed by atoms with van der Waals surface area (Å²) in [6, 6.07) is 5.87. The molecule has 0 bridgehead atoms. The van der Waals surface area contributed by atoms with Gasteiger partial charge in [0.25, 0.3) is 0 Å². The second-order valence-corrected chi connectivity index (χ2v) is 6.85. The molecule has 1 amide bonds. The number of nitrogens with one attached hydrogen (secondary N) is 1. The monoisotopic (exact) mass is 344 g/mol. The molecule has 0 aromatic carbocycles. The lowest BCUT2D eigenvalue weighted by molar-refractivity contribution is -0.120. The van der Waals surface area contributed by atoms with Gasteiger partial charge in [-0.3, -0.25) is 9.78 Å². The Kier molecular flexibility index (Phi) is 5.57. The number of nitriles is 1. The first kappa shape index (κ1) is 17.9. The molecule has 126 valence electrons. The highest BCUT2D eigenvalue weighted by Crippen LogP contribution is 2.22. The van der Waals surface area contributed by atoms with Gasteiger partial charge in [0.05, 0.1) is 11.8 Å². The van der Waals surface area contributed by atoms with Gasteiger partial charge in [0.1, 0.15) is 5.54 Å². The average Bonchev–Trinajstić information content (AvgIpc) is 2.94. The van der Waals surface area contributed by atoms with E-state index < -0.39 is 5.54 Å². The van der Waals surface area contributed by atoms with Crippen LogP contribution in [0.1, 0.15) is 20.8 Å². The van der Waals surface area contributed by atoms with E-state index in [0.29, 0.717) is 11.0 Å². The highest BCUT2D eigenvalue weighted by Gasteiger charge is 2.30. The maximum Gasteiger partial charge on any atom is 0.231 e. The zero-order valence-corrected chi connectivity index (χ0v) is 15.0. The maximum atomic E-state index is 12.1. The summed E-state index contributed by atoms with van der Waals surface area (Å²) in [4.78, 5) is 16.1. The number of aromatic nitrogens is 4. The van der Waals surface area contributed by atoms with Crippen molar-refractivity contribution in [2.24, 2.45) is 13.0 Å². The van der Waals surface area contributed by atoms with E-state index in [0.717, 1.165) is 5.56 Å². The van der Waals surface area contributed by atoms with Crippen LogP contribution in [0, 0.1) is 17.2 Å². The van der Waals surface area contributed by atoms with E-state index in [9.17, 15) is 10.1 Å². The van der Waals surface area contributed by atoms with Crippen molar-refractivity contribution in [3.63, 3.8) is 0 Å². The Hall–Kier alpha value is -2.40. The number of hydrogen-bond acceptors (Lipinski definition) is 6. The summed E-state index contributed by atoms with van der Waals surface area (Å²) in [6.45, 7) is 5.53. The number of amides is 1. The zero-order chi connectivity index (χ0) is 17.7. The molecule has 1 atom stereocenters. The molecule has 0 saturated carbocycles. The summed E-state index contributed by atoms with van der Waals surface area (Å²) in [5, 5.41) is 21.0. The molecule has 1 N–H and O–H groups in total. The number of carbonyl (C=O) groups excluding carboxylic acids is 1. The summed E-state index contributed by atoms with van der Waals surface area (Å²) < 4.78 is 1.83. The van der Waals surface area contributed by atoms with Gasteiger partial charge in [-0.25, -0.2) is 0 Å². The van der Waals surface area contributed by atoms with Crippen LogP contribution in [-0.4, -0.2) is 36.9 Å². The summed E-state index contributed by atoms with van der Waals surface area (Å²) in [5.74, 6) is 0.701. The first-order valence-electron chi connectivity index (χ1n) is 7.52. The summed E-state index contributed by atoms with van der Waals surface area (Å²) in [7, 11) is 1.85. The van der Waals surface area contributed by atoms with Crippen molar-refractivity contribution in [2.75, 3.05) is 5.75 Å². The fourth-order valence-corrected chi connectivity index (χ4v) is 2.66. The van der Waals surface area contributed by atoms with Crippen LogP contribution < -0.4 is 5.32 Å². The van der Waals surface area contributed by atoms with Gasteiger partial charge in [-0.15, -0.1) is 10.2 Å². The van der Waals surface area contributed by atoms with Gasteiger partial charge in [-0.05, 0) is 25.0 Å². The zero-order valence-electron chi connectivity index (χ0n) is 14.1. The largest absolute Gasteiger partial charge is 0.337 e. The van der Waals surface area contributed by atoms with E-state index in [1.54, 1.807) is 19.3 Å². The summed E-state index contributed by atoms with van der Waals surface area (Å²) >= 11 is 1.29. The van der Waals surface area contributed by atoms with Crippen molar-refractivity contribution < 1.29 is 4.79 Å². The van der Waals surface area contributed by atoms with Crippen molar-refractivity contribution in [3.8, 4) is 17.5 Å². The van der Waals surface area contributed by atoms with Crippen LogP contribution in [0.3, 0.4) is 0 Å². The Bertz CT molecular complexity index is 752. The Morgan fingerprint density at radius 1 is 1.42 bits per heavy atom. The Labute approximate surface area is 145 Å². The van der Waals surface area contributed by atoms with Crippen LogP contribution in [0.25, 0.3) is 11.4 Å². The predicted molar refractivity (Wildman–Crippen MR) is 92.0 cm³/mol. The quantitative estimate of drug-likeness (QED) is 0.805. The van der Waals surface area contributed by atoms with Gasteiger partial charge < -0.3 is 9.88 Å². The molecule has 7 nitrogen and oxygen atoms in total. The van der Waals surface area contributed by atoms with Crippen molar-refractivity contribution >= 4 is 17.7 Å². The van der Waals surface area contributed by atoms with Gasteiger partial charge in [0, 0.05) is 25.0 Å². The maximum absolute atomic E-state index is 12.1. The third-order valence-corrected chi connectivity index (χ3v) is 4.91. The minimum absolute atomic E-state index is 0.0181.